The minimum atomic E-state index is -0.614. The van der Waals surface area contributed by atoms with E-state index in [2.05, 4.69) is 9.97 Å². The summed E-state index contributed by atoms with van der Waals surface area (Å²) in [7, 11) is 0. The van der Waals surface area contributed by atoms with Crippen molar-refractivity contribution in [2.24, 2.45) is 5.90 Å². The third-order valence-electron chi connectivity index (χ3n) is 2.36. The van der Waals surface area contributed by atoms with E-state index in [1.165, 1.54) is 0 Å². The van der Waals surface area contributed by atoms with Gasteiger partial charge in [-0.3, -0.25) is 9.82 Å². The summed E-state index contributed by atoms with van der Waals surface area (Å²) < 4.78 is 0. The molecule has 15 heavy (non-hydrogen) atoms. The summed E-state index contributed by atoms with van der Waals surface area (Å²) in [6.07, 6.45) is 1.69. The Bertz CT molecular complexity index is 482. The van der Waals surface area contributed by atoms with Gasteiger partial charge in [0.1, 0.15) is 5.60 Å². The van der Waals surface area contributed by atoms with Crippen molar-refractivity contribution in [2.45, 2.75) is 19.4 Å². The van der Waals surface area contributed by atoms with Gasteiger partial charge in [-0.05, 0) is 26.0 Å². The predicted octanol–water partition coefficient (Wildman–Crippen LogP) is 1.76. The average molecular weight is 203 g/mol. The summed E-state index contributed by atoms with van der Waals surface area (Å²) in [4.78, 5) is 13.6. The maximum Gasteiger partial charge on any atom is 0.127 e. The minimum Gasteiger partial charge on any atom is -0.292 e. The molecule has 0 saturated carbocycles. The fourth-order valence-corrected chi connectivity index (χ4v) is 1.31. The van der Waals surface area contributed by atoms with E-state index in [0.29, 0.717) is 0 Å². The third kappa shape index (κ3) is 1.82. The van der Waals surface area contributed by atoms with E-state index in [1.54, 1.807) is 6.20 Å². The molecule has 1 aromatic carbocycles. The van der Waals surface area contributed by atoms with Crippen molar-refractivity contribution >= 4 is 11.0 Å². The zero-order chi connectivity index (χ0) is 10.9. The number of fused-ring (bicyclic) bond motifs is 1. The van der Waals surface area contributed by atoms with Gasteiger partial charge in [0.25, 0.3) is 0 Å². The first kappa shape index (κ1) is 10.0. The Morgan fingerprint density at radius 2 is 1.87 bits per heavy atom. The van der Waals surface area contributed by atoms with E-state index >= 15 is 0 Å². The number of nitrogens with zero attached hydrogens (tertiary/aromatic N) is 2. The van der Waals surface area contributed by atoms with Gasteiger partial charge in [0.2, 0.25) is 0 Å². The molecule has 1 aromatic heterocycles. The van der Waals surface area contributed by atoms with Crippen molar-refractivity contribution in [3.8, 4) is 0 Å². The van der Waals surface area contributed by atoms with Crippen LogP contribution in [0.2, 0.25) is 0 Å². The van der Waals surface area contributed by atoms with Crippen LogP contribution in [0.4, 0.5) is 0 Å². The van der Waals surface area contributed by atoms with Crippen molar-refractivity contribution in [1.82, 2.24) is 9.97 Å². The van der Waals surface area contributed by atoms with E-state index in [0.717, 1.165) is 16.7 Å². The summed E-state index contributed by atoms with van der Waals surface area (Å²) in [5.74, 6) is 5.21. The Morgan fingerprint density at radius 1 is 1.20 bits per heavy atom. The molecule has 0 saturated heterocycles. The highest BCUT2D eigenvalue weighted by Crippen LogP contribution is 2.21. The van der Waals surface area contributed by atoms with E-state index < -0.39 is 5.60 Å². The van der Waals surface area contributed by atoms with Crippen LogP contribution >= 0.6 is 0 Å². The fraction of sp³-hybridized carbons (Fsp3) is 0.273. The van der Waals surface area contributed by atoms with Gasteiger partial charge < -0.3 is 0 Å². The molecule has 1 heterocycles. The lowest BCUT2D eigenvalue weighted by Gasteiger charge is -2.20. The molecule has 0 aliphatic rings. The molecule has 78 valence electrons. The smallest absolute Gasteiger partial charge is 0.127 e. The standard InChI is InChI=1S/C11H13N3O/c1-11(2,15-12)10-7-13-8-5-3-4-6-9(8)14-10/h3-7H,12H2,1-2H3. The molecule has 0 amide bonds. The van der Waals surface area contributed by atoms with Gasteiger partial charge >= 0.3 is 0 Å². The molecule has 2 aromatic rings. The number of nitrogens with two attached hydrogens (primary N) is 1. The van der Waals surface area contributed by atoms with E-state index in [1.807, 2.05) is 38.1 Å². The maximum absolute atomic E-state index is 5.21. The lowest BCUT2D eigenvalue weighted by molar-refractivity contribution is -0.0268. The molecule has 0 unspecified atom stereocenters. The highest BCUT2D eigenvalue weighted by Gasteiger charge is 2.22. The zero-order valence-electron chi connectivity index (χ0n) is 8.77. The Balaban J connectivity index is 2.56. The molecule has 0 radical (unpaired) electrons. The number of aromatic nitrogens is 2. The molecule has 2 rings (SSSR count). The maximum atomic E-state index is 5.21. The predicted molar refractivity (Wildman–Crippen MR) is 57.8 cm³/mol. The third-order valence-corrected chi connectivity index (χ3v) is 2.36. The number of benzene rings is 1. The number of para-hydroxylation sites is 2. The van der Waals surface area contributed by atoms with Crippen LogP contribution in [0.3, 0.4) is 0 Å². The van der Waals surface area contributed by atoms with Gasteiger partial charge in [0, 0.05) is 0 Å². The average Bonchev–Trinajstić information content (AvgIpc) is 2.28. The van der Waals surface area contributed by atoms with Gasteiger partial charge in [-0.15, -0.1) is 0 Å². The van der Waals surface area contributed by atoms with Crippen molar-refractivity contribution in [3.63, 3.8) is 0 Å². The van der Waals surface area contributed by atoms with Crippen LogP contribution in [-0.2, 0) is 10.4 Å². The second-order valence-corrected chi connectivity index (χ2v) is 3.87. The second kappa shape index (κ2) is 3.56. The number of hydrogen-bond donors (Lipinski definition) is 1. The number of hydrogen-bond acceptors (Lipinski definition) is 4. The molecule has 4 nitrogen and oxygen atoms in total. The Labute approximate surface area is 88.1 Å². The van der Waals surface area contributed by atoms with Gasteiger partial charge in [-0.1, -0.05) is 12.1 Å². The first-order chi connectivity index (χ1) is 7.13. The number of rotatable bonds is 2. The Morgan fingerprint density at radius 3 is 2.53 bits per heavy atom. The van der Waals surface area contributed by atoms with Crippen LogP contribution in [0.25, 0.3) is 11.0 Å². The monoisotopic (exact) mass is 203 g/mol. The van der Waals surface area contributed by atoms with E-state index in [9.17, 15) is 0 Å². The first-order valence-corrected chi connectivity index (χ1v) is 4.73. The molecule has 2 N–H and O–H groups in total. The van der Waals surface area contributed by atoms with Crippen LogP contribution in [0.5, 0.6) is 0 Å². The van der Waals surface area contributed by atoms with Crippen molar-refractivity contribution < 1.29 is 4.84 Å². The highest BCUT2D eigenvalue weighted by atomic mass is 16.6. The largest absolute Gasteiger partial charge is 0.292 e. The quantitative estimate of drug-likeness (QED) is 0.755. The molecule has 0 spiro atoms. The summed E-state index contributed by atoms with van der Waals surface area (Å²) in [6, 6.07) is 7.69. The molecule has 0 aliphatic heterocycles. The van der Waals surface area contributed by atoms with Crippen LogP contribution in [0.15, 0.2) is 30.5 Å². The van der Waals surface area contributed by atoms with Gasteiger partial charge in [-0.25, -0.2) is 10.9 Å². The topological polar surface area (TPSA) is 61.0 Å². The summed E-state index contributed by atoms with van der Waals surface area (Å²) >= 11 is 0. The summed E-state index contributed by atoms with van der Waals surface area (Å²) in [5.41, 5.74) is 1.83. The molecule has 0 atom stereocenters. The van der Waals surface area contributed by atoms with Crippen molar-refractivity contribution in [2.75, 3.05) is 0 Å². The minimum absolute atomic E-state index is 0.614. The van der Waals surface area contributed by atoms with Gasteiger partial charge in [0.15, 0.2) is 0 Å². The highest BCUT2D eigenvalue weighted by molar-refractivity contribution is 5.73. The summed E-state index contributed by atoms with van der Waals surface area (Å²) in [5, 5.41) is 0. The molecule has 0 aliphatic carbocycles. The van der Waals surface area contributed by atoms with E-state index in [-0.39, 0.29) is 0 Å². The van der Waals surface area contributed by atoms with Crippen molar-refractivity contribution in [3.05, 3.63) is 36.2 Å². The lowest BCUT2D eigenvalue weighted by atomic mass is 10.1. The summed E-state index contributed by atoms with van der Waals surface area (Å²) in [6.45, 7) is 3.71. The zero-order valence-corrected chi connectivity index (χ0v) is 8.77. The van der Waals surface area contributed by atoms with Crippen LogP contribution in [0, 0.1) is 0 Å². The van der Waals surface area contributed by atoms with Crippen LogP contribution in [0.1, 0.15) is 19.5 Å². The molecule has 0 fully saturated rings. The molecule has 0 bridgehead atoms. The Kier molecular flexibility index (Phi) is 2.38. The SMILES string of the molecule is CC(C)(ON)c1cnc2ccccc2n1. The normalized spacial score (nSPS) is 11.9. The fourth-order valence-electron chi connectivity index (χ4n) is 1.31. The lowest BCUT2D eigenvalue weighted by Crippen LogP contribution is -2.26. The van der Waals surface area contributed by atoms with Crippen molar-refractivity contribution in [1.29, 1.82) is 0 Å². The molecular weight excluding hydrogens is 190 g/mol. The Hall–Kier alpha value is -1.52. The van der Waals surface area contributed by atoms with Crippen LogP contribution in [-0.4, -0.2) is 9.97 Å². The van der Waals surface area contributed by atoms with E-state index in [4.69, 9.17) is 10.7 Å². The molecule has 4 heteroatoms. The van der Waals surface area contributed by atoms with Crippen LogP contribution < -0.4 is 5.90 Å². The molecular formula is C11H13N3O. The second-order valence-electron chi connectivity index (χ2n) is 3.87. The van der Waals surface area contributed by atoms with Gasteiger partial charge in [0.05, 0.1) is 22.9 Å². The first-order valence-electron chi connectivity index (χ1n) is 4.73. The van der Waals surface area contributed by atoms with Gasteiger partial charge in [-0.2, -0.15) is 0 Å².